The zero-order chi connectivity index (χ0) is 24.0. The van der Waals surface area contributed by atoms with Gasteiger partial charge in [0.15, 0.2) is 0 Å². The van der Waals surface area contributed by atoms with E-state index >= 15 is 0 Å². The lowest BCUT2D eigenvalue weighted by molar-refractivity contribution is 0.0845. The average molecular weight is 458 g/mol. The summed E-state index contributed by atoms with van der Waals surface area (Å²) in [5, 5.41) is 12.1. The number of hydrogen-bond donors (Lipinski definition) is 3. The van der Waals surface area contributed by atoms with Crippen molar-refractivity contribution in [3.63, 3.8) is 0 Å². The summed E-state index contributed by atoms with van der Waals surface area (Å²) in [5.74, 6) is 0.260. The molecule has 33 heavy (non-hydrogen) atoms. The number of nitrogens with one attached hydrogen (secondary N) is 2. The number of aliphatic hydroxyl groups is 1. The number of amides is 1. The van der Waals surface area contributed by atoms with Crippen LogP contribution in [0.3, 0.4) is 0 Å². The van der Waals surface area contributed by atoms with Crippen LogP contribution in [0.2, 0.25) is 0 Å². The SMILES string of the molecule is CCN(c1cc(OCCO)cc(C(=O)NCc2c(C)cc(C)[nH]c2=O)c1C)C1CCOCC1. The third-order valence-electron chi connectivity index (χ3n) is 6.16. The monoisotopic (exact) mass is 457 g/mol. The third-order valence-corrected chi connectivity index (χ3v) is 6.16. The molecule has 8 heteroatoms. The Bertz CT molecular complexity index is 1030. The first-order valence-electron chi connectivity index (χ1n) is 11.6. The summed E-state index contributed by atoms with van der Waals surface area (Å²) >= 11 is 0. The molecule has 1 aromatic heterocycles. The lowest BCUT2D eigenvalue weighted by Crippen LogP contribution is -2.40. The molecule has 0 atom stereocenters. The van der Waals surface area contributed by atoms with E-state index in [2.05, 4.69) is 22.1 Å². The highest BCUT2D eigenvalue weighted by atomic mass is 16.5. The molecule has 8 nitrogen and oxygen atoms in total. The van der Waals surface area contributed by atoms with Crippen LogP contribution >= 0.6 is 0 Å². The van der Waals surface area contributed by atoms with Crippen LogP contribution in [0.5, 0.6) is 5.75 Å². The number of aliphatic hydroxyl groups excluding tert-OH is 1. The molecule has 1 aromatic carbocycles. The van der Waals surface area contributed by atoms with E-state index in [4.69, 9.17) is 9.47 Å². The number of pyridine rings is 1. The minimum atomic E-state index is -0.273. The van der Waals surface area contributed by atoms with Crippen LogP contribution in [-0.4, -0.2) is 55.0 Å². The van der Waals surface area contributed by atoms with Crippen LogP contribution in [0.25, 0.3) is 0 Å². The molecule has 0 radical (unpaired) electrons. The maximum absolute atomic E-state index is 13.2. The molecular formula is C25H35N3O5. The number of aryl methyl sites for hydroxylation is 2. The highest BCUT2D eigenvalue weighted by Crippen LogP contribution is 2.32. The molecule has 1 saturated heterocycles. The van der Waals surface area contributed by atoms with Crippen LogP contribution in [0.4, 0.5) is 5.69 Å². The van der Waals surface area contributed by atoms with E-state index in [1.165, 1.54) is 0 Å². The second-order valence-electron chi connectivity index (χ2n) is 8.44. The van der Waals surface area contributed by atoms with Crippen molar-refractivity contribution in [2.24, 2.45) is 0 Å². The van der Waals surface area contributed by atoms with Gasteiger partial charge in [-0.25, -0.2) is 0 Å². The van der Waals surface area contributed by atoms with Crippen LogP contribution in [0.1, 0.15) is 52.5 Å². The Morgan fingerprint density at radius 1 is 1.24 bits per heavy atom. The Balaban J connectivity index is 1.91. The van der Waals surface area contributed by atoms with Crippen LogP contribution < -0.4 is 20.5 Å². The minimum absolute atomic E-state index is 0.113. The fourth-order valence-corrected chi connectivity index (χ4v) is 4.44. The van der Waals surface area contributed by atoms with Gasteiger partial charge in [-0.3, -0.25) is 9.59 Å². The molecule has 1 fully saturated rings. The molecule has 1 amide bonds. The topological polar surface area (TPSA) is 104 Å². The van der Waals surface area contributed by atoms with E-state index in [0.717, 1.165) is 55.1 Å². The number of hydrogen-bond acceptors (Lipinski definition) is 6. The van der Waals surface area contributed by atoms with Gasteiger partial charge in [-0.15, -0.1) is 0 Å². The molecule has 180 valence electrons. The number of carbonyl (C=O) groups excluding carboxylic acids is 1. The molecule has 2 heterocycles. The van der Waals surface area contributed by atoms with E-state index in [1.54, 1.807) is 6.07 Å². The van der Waals surface area contributed by atoms with Gasteiger partial charge < -0.3 is 29.8 Å². The van der Waals surface area contributed by atoms with Crippen molar-refractivity contribution >= 4 is 11.6 Å². The Morgan fingerprint density at radius 2 is 1.97 bits per heavy atom. The molecule has 0 unspecified atom stereocenters. The Morgan fingerprint density at radius 3 is 2.61 bits per heavy atom. The molecule has 1 aliphatic rings. The van der Waals surface area contributed by atoms with Gasteiger partial charge in [0.05, 0.1) is 6.61 Å². The number of rotatable bonds is 9. The van der Waals surface area contributed by atoms with E-state index in [-0.39, 0.29) is 31.2 Å². The maximum atomic E-state index is 13.2. The molecule has 0 saturated carbocycles. The van der Waals surface area contributed by atoms with Gasteiger partial charge in [-0.05, 0) is 63.8 Å². The summed E-state index contributed by atoms with van der Waals surface area (Å²) in [7, 11) is 0. The number of aromatic nitrogens is 1. The first kappa shape index (κ1) is 24.8. The van der Waals surface area contributed by atoms with E-state index in [1.807, 2.05) is 32.9 Å². The molecule has 3 rings (SSSR count). The second-order valence-corrected chi connectivity index (χ2v) is 8.44. The molecule has 1 aliphatic heterocycles. The number of anilines is 1. The van der Waals surface area contributed by atoms with Crippen molar-refractivity contribution in [2.45, 2.75) is 53.1 Å². The van der Waals surface area contributed by atoms with Crippen LogP contribution in [0, 0.1) is 20.8 Å². The van der Waals surface area contributed by atoms with Crippen molar-refractivity contribution in [1.29, 1.82) is 0 Å². The van der Waals surface area contributed by atoms with Crippen molar-refractivity contribution < 1.29 is 19.4 Å². The van der Waals surface area contributed by atoms with Crippen molar-refractivity contribution in [3.05, 3.63) is 56.5 Å². The normalized spacial score (nSPS) is 14.2. The maximum Gasteiger partial charge on any atom is 0.253 e. The smallest absolute Gasteiger partial charge is 0.253 e. The molecule has 0 spiro atoms. The number of carbonyl (C=O) groups is 1. The summed E-state index contributed by atoms with van der Waals surface area (Å²) in [6, 6.07) is 5.85. The van der Waals surface area contributed by atoms with E-state index in [9.17, 15) is 14.7 Å². The Hall–Kier alpha value is -2.84. The summed E-state index contributed by atoms with van der Waals surface area (Å²) in [6.45, 7) is 10.1. The third kappa shape index (κ3) is 5.94. The predicted molar refractivity (Wildman–Crippen MR) is 128 cm³/mol. The highest BCUT2D eigenvalue weighted by Gasteiger charge is 2.25. The summed E-state index contributed by atoms with van der Waals surface area (Å²) in [4.78, 5) is 30.7. The van der Waals surface area contributed by atoms with Crippen molar-refractivity contribution in [2.75, 3.05) is 37.9 Å². The molecular weight excluding hydrogens is 422 g/mol. The van der Waals surface area contributed by atoms with Gasteiger partial charge in [-0.1, -0.05) is 0 Å². The van der Waals surface area contributed by atoms with E-state index in [0.29, 0.717) is 22.9 Å². The van der Waals surface area contributed by atoms with Gasteiger partial charge in [0.25, 0.3) is 11.5 Å². The van der Waals surface area contributed by atoms with Crippen LogP contribution in [-0.2, 0) is 11.3 Å². The quantitative estimate of drug-likeness (QED) is 0.535. The fraction of sp³-hybridized carbons (Fsp3) is 0.520. The van der Waals surface area contributed by atoms with Crippen LogP contribution in [0.15, 0.2) is 23.0 Å². The predicted octanol–water partition coefficient (Wildman–Crippen LogP) is 2.61. The minimum Gasteiger partial charge on any atom is -0.491 e. The van der Waals surface area contributed by atoms with Gasteiger partial charge in [0.2, 0.25) is 0 Å². The van der Waals surface area contributed by atoms with E-state index < -0.39 is 0 Å². The average Bonchev–Trinajstić information content (AvgIpc) is 2.79. The summed E-state index contributed by atoms with van der Waals surface area (Å²) < 4.78 is 11.2. The fourth-order valence-electron chi connectivity index (χ4n) is 4.44. The standard InChI is InChI=1S/C25H35N3O5/c1-5-28(19-6-9-32-10-7-19)23-14-20(33-11-8-29)13-21(18(23)4)24(30)26-15-22-16(2)12-17(3)27-25(22)31/h12-14,19,29H,5-11,15H2,1-4H3,(H,26,30)(H,27,31). The van der Waals surface area contributed by atoms with Crippen molar-refractivity contribution in [3.8, 4) is 5.75 Å². The first-order valence-corrected chi connectivity index (χ1v) is 11.6. The summed E-state index contributed by atoms with van der Waals surface area (Å²) in [6.07, 6.45) is 1.85. The number of aromatic amines is 1. The second kappa shape index (κ2) is 11.3. The first-order chi connectivity index (χ1) is 15.8. The van der Waals surface area contributed by atoms with Crippen molar-refractivity contribution in [1.82, 2.24) is 10.3 Å². The largest absolute Gasteiger partial charge is 0.491 e. The summed E-state index contributed by atoms with van der Waals surface area (Å²) in [5.41, 5.74) is 4.26. The molecule has 2 aromatic rings. The zero-order valence-corrected chi connectivity index (χ0v) is 20.0. The Labute approximate surface area is 194 Å². The number of H-pyrrole nitrogens is 1. The van der Waals surface area contributed by atoms with Gasteiger partial charge in [0, 0.05) is 60.9 Å². The number of ether oxygens (including phenoxy) is 2. The zero-order valence-electron chi connectivity index (χ0n) is 20.0. The number of benzene rings is 1. The van der Waals surface area contributed by atoms with Gasteiger partial charge in [0.1, 0.15) is 12.4 Å². The lowest BCUT2D eigenvalue weighted by atomic mass is 10.0. The lowest BCUT2D eigenvalue weighted by Gasteiger charge is -2.36. The van der Waals surface area contributed by atoms with Gasteiger partial charge in [-0.2, -0.15) is 0 Å². The molecule has 0 bridgehead atoms. The molecule has 3 N–H and O–H groups in total. The van der Waals surface area contributed by atoms with Gasteiger partial charge >= 0.3 is 0 Å². The number of nitrogens with zero attached hydrogens (tertiary/aromatic N) is 1. The Kier molecular flexibility index (Phi) is 8.52. The molecule has 0 aliphatic carbocycles. The highest BCUT2D eigenvalue weighted by molar-refractivity contribution is 5.97.